The van der Waals surface area contributed by atoms with Crippen LogP contribution in [0.1, 0.15) is 32.6 Å². The van der Waals surface area contributed by atoms with E-state index in [1.165, 1.54) is 0 Å². The highest BCUT2D eigenvalue weighted by Crippen LogP contribution is 2.44. The summed E-state index contributed by atoms with van der Waals surface area (Å²) in [6.07, 6.45) is 1.53. The fourth-order valence-electron chi connectivity index (χ4n) is 3.17. The van der Waals surface area contributed by atoms with Crippen molar-refractivity contribution in [3.63, 3.8) is 0 Å². The van der Waals surface area contributed by atoms with Gasteiger partial charge in [0.1, 0.15) is 23.7 Å². The molecule has 0 aromatic heterocycles. The molecule has 3 rings (SSSR count). The van der Waals surface area contributed by atoms with E-state index in [4.69, 9.17) is 15.6 Å². The van der Waals surface area contributed by atoms with E-state index in [-0.39, 0.29) is 6.61 Å². The topological polar surface area (TPSA) is 93.5 Å². The summed E-state index contributed by atoms with van der Waals surface area (Å²) < 4.78 is 21.0. The van der Waals surface area contributed by atoms with Crippen LogP contribution in [-0.4, -0.2) is 29.0 Å². The summed E-state index contributed by atoms with van der Waals surface area (Å²) in [5, 5.41) is 18.8. The lowest BCUT2D eigenvalue weighted by molar-refractivity contribution is -0.0446. The molecule has 2 aliphatic rings. The van der Waals surface area contributed by atoms with Gasteiger partial charge in [0.15, 0.2) is 0 Å². The van der Waals surface area contributed by atoms with E-state index in [2.05, 4.69) is 5.32 Å². The Hall–Kier alpha value is -1.18. The largest absolute Gasteiger partial charge is 0.489 e. The Morgan fingerprint density at radius 2 is 2.05 bits per heavy atom. The summed E-state index contributed by atoms with van der Waals surface area (Å²) in [4.78, 5) is 0.806. The SMILES string of the molecule is CC1(O)CCC(F)(C2COc3cc(SN)cc(N)c3N2)CC1. The smallest absolute Gasteiger partial charge is 0.145 e. The summed E-state index contributed by atoms with van der Waals surface area (Å²) in [6.45, 7) is 2.00. The Labute approximate surface area is 133 Å². The first-order valence-electron chi connectivity index (χ1n) is 7.44. The van der Waals surface area contributed by atoms with E-state index in [1.807, 2.05) is 0 Å². The number of alkyl halides is 1. The van der Waals surface area contributed by atoms with Gasteiger partial charge in [-0.3, -0.25) is 5.14 Å². The quantitative estimate of drug-likeness (QED) is 0.492. The molecule has 122 valence electrons. The number of halogens is 1. The minimum atomic E-state index is -1.40. The molecule has 0 radical (unpaired) electrons. The van der Waals surface area contributed by atoms with Crippen LogP contribution in [0.15, 0.2) is 17.0 Å². The molecule has 0 bridgehead atoms. The molecule has 1 unspecified atom stereocenters. The Balaban J connectivity index is 1.80. The van der Waals surface area contributed by atoms with Gasteiger partial charge in [-0.25, -0.2) is 4.39 Å². The third kappa shape index (κ3) is 2.85. The highest BCUT2D eigenvalue weighted by Gasteiger charge is 2.47. The molecule has 5 nitrogen and oxygen atoms in total. The number of aliphatic hydroxyl groups is 1. The van der Waals surface area contributed by atoms with Gasteiger partial charge in [0, 0.05) is 4.90 Å². The minimum Gasteiger partial charge on any atom is -0.489 e. The lowest BCUT2D eigenvalue weighted by Crippen LogP contribution is -2.53. The first-order chi connectivity index (χ1) is 10.3. The number of nitrogen functional groups attached to an aromatic ring is 1. The number of hydrogen-bond donors (Lipinski definition) is 4. The molecule has 1 aromatic carbocycles. The van der Waals surface area contributed by atoms with Crippen LogP contribution in [0.25, 0.3) is 0 Å². The van der Waals surface area contributed by atoms with Gasteiger partial charge in [-0.15, -0.1) is 0 Å². The molecular weight excluding hydrogens is 305 g/mol. The maximum absolute atomic E-state index is 15.3. The number of rotatable bonds is 2. The average molecular weight is 327 g/mol. The number of anilines is 2. The van der Waals surface area contributed by atoms with Crippen LogP contribution in [-0.2, 0) is 0 Å². The molecule has 1 aromatic rings. The van der Waals surface area contributed by atoms with Crippen molar-refractivity contribution in [1.82, 2.24) is 0 Å². The standard InChI is InChI=1S/C15H22FN3O2S/c1-14(20)2-4-15(16,5-3-14)12-8-21-11-7-9(22-18)6-10(17)13(11)19-12/h6-7,12,19-20H,2-5,8,17-18H2,1H3. The fourth-order valence-corrected chi connectivity index (χ4v) is 3.54. The zero-order valence-electron chi connectivity index (χ0n) is 12.6. The molecule has 7 heteroatoms. The van der Waals surface area contributed by atoms with Crippen molar-refractivity contribution < 1.29 is 14.2 Å². The summed E-state index contributed by atoms with van der Waals surface area (Å²) >= 11 is 1.09. The summed E-state index contributed by atoms with van der Waals surface area (Å²) in [6, 6.07) is 3.09. The van der Waals surface area contributed by atoms with Crippen molar-refractivity contribution in [3.05, 3.63) is 12.1 Å². The zero-order chi connectivity index (χ0) is 16.0. The second kappa shape index (κ2) is 5.47. The number of benzene rings is 1. The van der Waals surface area contributed by atoms with E-state index >= 15 is 4.39 Å². The maximum Gasteiger partial charge on any atom is 0.145 e. The molecule has 1 atom stereocenters. The van der Waals surface area contributed by atoms with Gasteiger partial charge in [-0.2, -0.15) is 0 Å². The monoisotopic (exact) mass is 327 g/mol. The first-order valence-corrected chi connectivity index (χ1v) is 8.32. The van der Waals surface area contributed by atoms with Crippen LogP contribution >= 0.6 is 11.9 Å². The van der Waals surface area contributed by atoms with Crippen molar-refractivity contribution in [2.24, 2.45) is 5.14 Å². The minimum absolute atomic E-state index is 0.240. The number of nitrogens with two attached hydrogens (primary N) is 2. The molecular formula is C15H22FN3O2S. The normalized spacial score (nSPS) is 34.5. The Kier molecular flexibility index (Phi) is 3.91. The van der Waals surface area contributed by atoms with E-state index < -0.39 is 17.3 Å². The van der Waals surface area contributed by atoms with Crippen LogP contribution in [0, 0.1) is 0 Å². The van der Waals surface area contributed by atoms with E-state index in [0.717, 1.165) is 16.8 Å². The van der Waals surface area contributed by atoms with Gasteiger partial charge in [-0.1, -0.05) is 0 Å². The van der Waals surface area contributed by atoms with Crippen LogP contribution in [0.3, 0.4) is 0 Å². The predicted octanol–water partition coefficient (Wildman–Crippen LogP) is 2.44. The van der Waals surface area contributed by atoms with Gasteiger partial charge >= 0.3 is 0 Å². The van der Waals surface area contributed by atoms with Crippen molar-refractivity contribution in [3.8, 4) is 5.75 Å². The number of nitrogens with one attached hydrogen (secondary N) is 1. The molecule has 6 N–H and O–H groups in total. The van der Waals surface area contributed by atoms with Gasteiger partial charge in [0.05, 0.1) is 17.3 Å². The van der Waals surface area contributed by atoms with Gasteiger partial charge in [0.2, 0.25) is 0 Å². The number of hydrogen-bond acceptors (Lipinski definition) is 6. The molecule has 0 spiro atoms. The van der Waals surface area contributed by atoms with Crippen molar-refractivity contribution in [2.45, 2.75) is 54.8 Å². The summed E-state index contributed by atoms with van der Waals surface area (Å²) in [7, 11) is 0. The third-order valence-electron chi connectivity index (χ3n) is 4.75. The Morgan fingerprint density at radius 1 is 1.36 bits per heavy atom. The van der Waals surface area contributed by atoms with Crippen molar-refractivity contribution in [1.29, 1.82) is 0 Å². The zero-order valence-corrected chi connectivity index (χ0v) is 13.4. The van der Waals surface area contributed by atoms with Crippen molar-refractivity contribution >= 4 is 23.3 Å². The Morgan fingerprint density at radius 3 is 2.68 bits per heavy atom. The van der Waals surface area contributed by atoms with Crippen LogP contribution in [0.4, 0.5) is 15.8 Å². The first kappa shape index (κ1) is 15.7. The molecule has 1 saturated carbocycles. The molecule has 0 saturated heterocycles. The van der Waals surface area contributed by atoms with E-state index in [9.17, 15) is 5.11 Å². The van der Waals surface area contributed by atoms with Gasteiger partial charge < -0.3 is 20.9 Å². The molecule has 1 aliphatic carbocycles. The molecule has 1 heterocycles. The number of ether oxygens (including phenoxy) is 1. The second-order valence-electron chi connectivity index (χ2n) is 6.54. The average Bonchev–Trinajstić information content (AvgIpc) is 2.50. The number of fused-ring (bicyclic) bond motifs is 1. The molecule has 1 fully saturated rings. The van der Waals surface area contributed by atoms with Crippen LogP contribution in [0.2, 0.25) is 0 Å². The molecule has 0 amide bonds. The fraction of sp³-hybridized carbons (Fsp3) is 0.600. The van der Waals surface area contributed by atoms with E-state index in [0.29, 0.717) is 42.8 Å². The lowest BCUT2D eigenvalue weighted by Gasteiger charge is -2.43. The second-order valence-corrected chi connectivity index (χ2v) is 7.25. The van der Waals surface area contributed by atoms with Gasteiger partial charge in [-0.05, 0) is 56.7 Å². The lowest BCUT2D eigenvalue weighted by atomic mass is 9.74. The van der Waals surface area contributed by atoms with Gasteiger partial charge in [0.25, 0.3) is 0 Å². The summed E-state index contributed by atoms with van der Waals surface area (Å²) in [5.74, 6) is 0.607. The van der Waals surface area contributed by atoms with Crippen molar-refractivity contribution in [2.75, 3.05) is 17.7 Å². The van der Waals surface area contributed by atoms with Crippen LogP contribution in [0.5, 0.6) is 5.75 Å². The molecule has 22 heavy (non-hydrogen) atoms. The maximum atomic E-state index is 15.3. The highest BCUT2D eigenvalue weighted by atomic mass is 32.2. The molecule has 1 aliphatic heterocycles. The van der Waals surface area contributed by atoms with Crippen LogP contribution < -0.4 is 20.9 Å². The Bertz CT molecular complexity index is 572. The summed E-state index contributed by atoms with van der Waals surface area (Å²) in [5.41, 5.74) is 4.99. The predicted molar refractivity (Wildman–Crippen MR) is 86.7 cm³/mol. The van der Waals surface area contributed by atoms with E-state index in [1.54, 1.807) is 19.1 Å². The highest BCUT2D eigenvalue weighted by molar-refractivity contribution is 7.97. The third-order valence-corrected chi connectivity index (χ3v) is 5.26.